The summed E-state index contributed by atoms with van der Waals surface area (Å²) in [7, 11) is 0. The van der Waals surface area contributed by atoms with Crippen LogP contribution in [0.15, 0.2) is 18.2 Å². The summed E-state index contributed by atoms with van der Waals surface area (Å²) in [5, 5.41) is 9.73. The summed E-state index contributed by atoms with van der Waals surface area (Å²) in [6, 6.07) is 4.13. The predicted molar refractivity (Wildman–Crippen MR) is 58.5 cm³/mol. The Morgan fingerprint density at radius 1 is 1.21 bits per heavy atom. The minimum Gasteiger partial charge on any atom is -0.395 e. The van der Waals surface area contributed by atoms with Gasteiger partial charge in [-0.3, -0.25) is 0 Å². The molecule has 0 aromatic heterocycles. The molecule has 0 bridgehead atoms. The lowest BCUT2D eigenvalue weighted by Gasteiger charge is -2.18. The highest BCUT2D eigenvalue weighted by molar-refractivity contribution is 6.42. The first-order valence-corrected chi connectivity index (χ1v) is 4.89. The van der Waals surface area contributed by atoms with Gasteiger partial charge in [-0.15, -0.1) is 0 Å². The summed E-state index contributed by atoms with van der Waals surface area (Å²) in [5.41, 5.74) is 12.1. The molecule has 2 unspecified atom stereocenters. The number of rotatable bonds is 3. The first-order chi connectivity index (χ1) is 6.56. The molecule has 78 valence electrons. The lowest BCUT2D eigenvalue weighted by atomic mass is 10.0. The van der Waals surface area contributed by atoms with Gasteiger partial charge in [0.05, 0.1) is 16.7 Å². The highest BCUT2D eigenvalue weighted by Crippen LogP contribution is 2.25. The Morgan fingerprint density at radius 3 is 2.36 bits per heavy atom. The van der Waals surface area contributed by atoms with E-state index in [1.54, 1.807) is 18.2 Å². The zero-order valence-corrected chi connectivity index (χ0v) is 8.96. The molecule has 5 N–H and O–H groups in total. The molecular formula is C9H12Cl2N2O. The summed E-state index contributed by atoms with van der Waals surface area (Å²) in [6.45, 7) is -0.165. The Kier molecular flexibility index (Phi) is 4.16. The van der Waals surface area contributed by atoms with Crippen LogP contribution in [0.3, 0.4) is 0 Å². The molecule has 0 saturated carbocycles. The second-order valence-corrected chi connectivity index (χ2v) is 3.86. The van der Waals surface area contributed by atoms with Gasteiger partial charge in [0.15, 0.2) is 0 Å². The minimum absolute atomic E-state index is 0.165. The molecule has 0 spiro atoms. The lowest BCUT2D eigenvalue weighted by molar-refractivity contribution is 0.250. The molecule has 0 radical (unpaired) electrons. The predicted octanol–water partition coefficient (Wildman–Crippen LogP) is 1.31. The number of halogens is 2. The van der Waals surface area contributed by atoms with Crippen molar-refractivity contribution < 1.29 is 5.11 Å². The van der Waals surface area contributed by atoms with E-state index in [9.17, 15) is 0 Å². The Labute approximate surface area is 92.6 Å². The molecular weight excluding hydrogens is 223 g/mol. The molecule has 1 aromatic rings. The largest absolute Gasteiger partial charge is 0.395 e. The van der Waals surface area contributed by atoms with Gasteiger partial charge in [-0.25, -0.2) is 0 Å². The second kappa shape index (κ2) is 4.96. The van der Waals surface area contributed by atoms with Gasteiger partial charge in [-0.05, 0) is 17.7 Å². The fraction of sp³-hybridized carbons (Fsp3) is 0.333. The zero-order valence-electron chi connectivity index (χ0n) is 7.45. The van der Waals surface area contributed by atoms with Crippen LogP contribution in [0.2, 0.25) is 10.0 Å². The normalized spacial score (nSPS) is 15.2. The van der Waals surface area contributed by atoms with Gasteiger partial charge >= 0.3 is 0 Å². The molecule has 1 aromatic carbocycles. The Bertz CT molecular complexity index is 320. The fourth-order valence-corrected chi connectivity index (χ4v) is 1.39. The molecule has 14 heavy (non-hydrogen) atoms. The smallest absolute Gasteiger partial charge is 0.0601 e. The van der Waals surface area contributed by atoms with Crippen LogP contribution in [0.4, 0.5) is 0 Å². The van der Waals surface area contributed by atoms with Crippen molar-refractivity contribution in [1.82, 2.24) is 0 Å². The van der Waals surface area contributed by atoms with Crippen molar-refractivity contribution in [1.29, 1.82) is 0 Å². The van der Waals surface area contributed by atoms with E-state index in [0.717, 1.165) is 5.56 Å². The van der Waals surface area contributed by atoms with Crippen LogP contribution in [0, 0.1) is 0 Å². The number of aliphatic hydroxyl groups excluding tert-OH is 1. The van der Waals surface area contributed by atoms with E-state index in [-0.39, 0.29) is 6.61 Å². The van der Waals surface area contributed by atoms with E-state index in [2.05, 4.69) is 0 Å². The minimum atomic E-state index is -0.493. The second-order valence-electron chi connectivity index (χ2n) is 3.05. The van der Waals surface area contributed by atoms with Crippen molar-refractivity contribution in [3.05, 3.63) is 33.8 Å². The van der Waals surface area contributed by atoms with Crippen LogP contribution in [0.1, 0.15) is 11.6 Å². The van der Waals surface area contributed by atoms with Crippen LogP contribution < -0.4 is 11.5 Å². The maximum absolute atomic E-state index is 8.83. The van der Waals surface area contributed by atoms with Gasteiger partial charge in [0.25, 0.3) is 0 Å². The monoisotopic (exact) mass is 234 g/mol. The van der Waals surface area contributed by atoms with Gasteiger partial charge in [-0.1, -0.05) is 29.3 Å². The molecule has 1 rings (SSSR count). The van der Waals surface area contributed by atoms with Crippen LogP contribution in [0.25, 0.3) is 0 Å². The van der Waals surface area contributed by atoms with Gasteiger partial charge in [0.1, 0.15) is 0 Å². The number of benzene rings is 1. The van der Waals surface area contributed by atoms with Crippen LogP contribution in [-0.2, 0) is 0 Å². The van der Waals surface area contributed by atoms with Crippen molar-refractivity contribution >= 4 is 23.2 Å². The zero-order chi connectivity index (χ0) is 10.7. The number of hydrogen-bond donors (Lipinski definition) is 3. The van der Waals surface area contributed by atoms with Crippen molar-refractivity contribution in [2.75, 3.05) is 6.61 Å². The number of aliphatic hydroxyl groups is 1. The van der Waals surface area contributed by atoms with E-state index in [4.69, 9.17) is 39.8 Å². The molecule has 3 nitrogen and oxygen atoms in total. The van der Waals surface area contributed by atoms with Crippen molar-refractivity contribution in [3.63, 3.8) is 0 Å². The summed E-state index contributed by atoms with van der Waals surface area (Å²) in [4.78, 5) is 0. The Hall–Kier alpha value is -0.320. The van der Waals surface area contributed by atoms with E-state index in [1.807, 2.05) is 0 Å². The first-order valence-electron chi connectivity index (χ1n) is 4.13. The number of hydrogen-bond acceptors (Lipinski definition) is 3. The van der Waals surface area contributed by atoms with E-state index in [1.165, 1.54) is 0 Å². The van der Waals surface area contributed by atoms with E-state index in [0.29, 0.717) is 10.0 Å². The topological polar surface area (TPSA) is 72.3 Å². The summed E-state index contributed by atoms with van der Waals surface area (Å²) in [5.74, 6) is 0. The summed E-state index contributed by atoms with van der Waals surface area (Å²) in [6.07, 6.45) is 0. The van der Waals surface area contributed by atoms with Crippen molar-refractivity contribution in [2.24, 2.45) is 11.5 Å². The average Bonchev–Trinajstić information content (AvgIpc) is 2.20. The highest BCUT2D eigenvalue weighted by Gasteiger charge is 2.15. The van der Waals surface area contributed by atoms with Crippen molar-refractivity contribution in [3.8, 4) is 0 Å². The van der Waals surface area contributed by atoms with Crippen LogP contribution >= 0.6 is 23.2 Å². The van der Waals surface area contributed by atoms with Gasteiger partial charge in [0, 0.05) is 12.1 Å². The van der Waals surface area contributed by atoms with Crippen molar-refractivity contribution in [2.45, 2.75) is 12.1 Å². The standard InChI is InChI=1S/C9H12Cl2N2O/c10-6-2-1-5(3-7(6)11)9(13)8(12)4-14/h1-3,8-9,14H,4,12-13H2. The third kappa shape index (κ3) is 2.59. The molecule has 0 aliphatic heterocycles. The fourth-order valence-electron chi connectivity index (χ4n) is 1.08. The maximum atomic E-state index is 8.83. The first kappa shape index (κ1) is 11.8. The molecule has 2 atom stereocenters. The third-order valence-corrected chi connectivity index (χ3v) is 2.74. The molecule has 0 heterocycles. The third-order valence-electron chi connectivity index (χ3n) is 2.00. The van der Waals surface area contributed by atoms with Gasteiger partial charge in [0.2, 0.25) is 0 Å². The van der Waals surface area contributed by atoms with E-state index >= 15 is 0 Å². The maximum Gasteiger partial charge on any atom is 0.0601 e. The molecule has 0 aliphatic rings. The summed E-state index contributed by atoms with van der Waals surface area (Å²) < 4.78 is 0. The molecule has 0 amide bonds. The Morgan fingerprint density at radius 2 is 1.86 bits per heavy atom. The molecule has 0 fully saturated rings. The van der Waals surface area contributed by atoms with Gasteiger partial charge < -0.3 is 16.6 Å². The lowest BCUT2D eigenvalue weighted by Crippen LogP contribution is -2.37. The number of nitrogens with two attached hydrogens (primary N) is 2. The average molecular weight is 235 g/mol. The van der Waals surface area contributed by atoms with E-state index < -0.39 is 12.1 Å². The van der Waals surface area contributed by atoms with Gasteiger partial charge in [-0.2, -0.15) is 0 Å². The Balaban J connectivity index is 2.91. The molecule has 0 saturated heterocycles. The van der Waals surface area contributed by atoms with Crippen LogP contribution in [-0.4, -0.2) is 17.8 Å². The molecule has 0 aliphatic carbocycles. The summed E-state index contributed by atoms with van der Waals surface area (Å²) >= 11 is 11.6. The van der Waals surface area contributed by atoms with Crippen LogP contribution in [0.5, 0.6) is 0 Å². The quantitative estimate of drug-likeness (QED) is 0.739. The SMILES string of the molecule is NC(CO)C(N)c1ccc(Cl)c(Cl)c1. The highest BCUT2D eigenvalue weighted by atomic mass is 35.5. The molecule has 5 heteroatoms.